The third kappa shape index (κ3) is 3.54. The predicted molar refractivity (Wildman–Crippen MR) is 65.5 cm³/mol. The molecule has 1 fully saturated rings. The van der Waals surface area contributed by atoms with Crippen molar-refractivity contribution in [1.82, 2.24) is 4.90 Å². The van der Waals surface area contributed by atoms with Crippen molar-refractivity contribution < 1.29 is 0 Å². The Morgan fingerprint density at radius 2 is 2.07 bits per heavy atom. The molecule has 0 amide bonds. The zero-order valence-electron chi connectivity index (χ0n) is 9.33. The molecule has 0 aromatic heterocycles. The summed E-state index contributed by atoms with van der Waals surface area (Å²) in [6, 6.07) is 0.533. The predicted octanol–water partition coefficient (Wildman–Crippen LogP) is 2.17. The smallest absolute Gasteiger partial charge is 0.0742 e. The van der Waals surface area contributed by atoms with Crippen LogP contribution in [0.3, 0.4) is 0 Å². The van der Waals surface area contributed by atoms with Gasteiger partial charge in [0.2, 0.25) is 0 Å². The number of nitrogens with zero attached hydrogens (tertiary/aromatic N) is 1. The van der Waals surface area contributed by atoms with Crippen molar-refractivity contribution >= 4 is 17.2 Å². The maximum Gasteiger partial charge on any atom is 0.0742 e. The molecule has 0 aliphatic carbocycles. The summed E-state index contributed by atoms with van der Waals surface area (Å²) in [7, 11) is 0. The summed E-state index contributed by atoms with van der Waals surface area (Å²) in [5.41, 5.74) is 5.56. The Bertz CT molecular complexity index is 186. The van der Waals surface area contributed by atoms with Gasteiger partial charge in [0.05, 0.1) is 4.99 Å². The van der Waals surface area contributed by atoms with Gasteiger partial charge in [-0.1, -0.05) is 25.6 Å². The number of piperidine rings is 1. The summed E-state index contributed by atoms with van der Waals surface area (Å²) in [5, 5.41) is 0. The first kappa shape index (κ1) is 11.9. The third-order valence-electron chi connectivity index (χ3n) is 3.35. The lowest BCUT2D eigenvalue weighted by atomic mass is 9.93. The van der Waals surface area contributed by atoms with E-state index in [0.717, 1.165) is 12.3 Å². The van der Waals surface area contributed by atoms with Gasteiger partial charge in [-0.2, -0.15) is 0 Å². The van der Waals surface area contributed by atoms with E-state index in [1.54, 1.807) is 0 Å². The van der Waals surface area contributed by atoms with E-state index in [4.69, 9.17) is 18.0 Å². The van der Waals surface area contributed by atoms with Crippen LogP contribution in [-0.2, 0) is 0 Å². The van der Waals surface area contributed by atoms with Gasteiger partial charge in [-0.15, -0.1) is 0 Å². The normalized spacial score (nSPS) is 22.1. The largest absolute Gasteiger partial charge is 0.393 e. The first-order valence-corrected chi connectivity index (χ1v) is 6.06. The summed E-state index contributed by atoms with van der Waals surface area (Å²) in [6.07, 6.45) is 4.89. The molecule has 0 bridgehead atoms. The second kappa shape index (κ2) is 5.66. The van der Waals surface area contributed by atoms with E-state index in [0.29, 0.717) is 11.0 Å². The zero-order chi connectivity index (χ0) is 10.6. The van der Waals surface area contributed by atoms with Crippen molar-refractivity contribution in [1.29, 1.82) is 0 Å². The van der Waals surface area contributed by atoms with Gasteiger partial charge in [0.15, 0.2) is 0 Å². The molecule has 0 spiro atoms. The number of nitrogens with two attached hydrogens (primary N) is 1. The molecule has 1 aliphatic heterocycles. The molecular formula is C11H22N2S. The second-order valence-corrected chi connectivity index (χ2v) is 4.93. The van der Waals surface area contributed by atoms with Gasteiger partial charge in [-0.3, -0.25) is 0 Å². The topological polar surface area (TPSA) is 29.3 Å². The average Bonchev–Trinajstić information content (AvgIpc) is 2.17. The molecule has 1 heterocycles. The Labute approximate surface area is 92.8 Å². The molecule has 2 nitrogen and oxygen atoms in total. The SMILES string of the molecule is CCC1CCN(C(C)CC(N)=S)CC1. The van der Waals surface area contributed by atoms with E-state index in [9.17, 15) is 0 Å². The van der Waals surface area contributed by atoms with Crippen LogP contribution in [0.4, 0.5) is 0 Å². The van der Waals surface area contributed by atoms with Gasteiger partial charge in [-0.05, 0) is 38.8 Å². The van der Waals surface area contributed by atoms with Gasteiger partial charge >= 0.3 is 0 Å². The van der Waals surface area contributed by atoms with Crippen molar-refractivity contribution in [2.24, 2.45) is 11.7 Å². The summed E-state index contributed by atoms with van der Waals surface area (Å²) >= 11 is 4.94. The molecule has 1 unspecified atom stereocenters. The Morgan fingerprint density at radius 1 is 1.50 bits per heavy atom. The molecule has 82 valence electrons. The molecule has 0 radical (unpaired) electrons. The third-order valence-corrected chi connectivity index (χ3v) is 3.51. The van der Waals surface area contributed by atoms with Crippen LogP contribution >= 0.6 is 12.2 Å². The average molecular weight is 214 g/mol. The Hall–Kier alpha value is -0.150. The first-order valence-electron chi connectivity index (χ1n) is 5.65. The van der Waals surface area contributed by atoms with Crippen molar-refractivity contribution in [2.45, 2.75) is 45.6 Å². The second-order valence-electron chi connectivity index (χ2n) is 4.41. The van der Waals surface area contributed by atoms with E-state index in [1.165, 1.54) is 32.4 Å². The molecule has 0 aromatic carbocycles. The fourth-order valence-electron chi connectivity index (χ4n) is 2.22. The maximum absolute atomic E-state index is 5.56. The van der Waals surface area contributed by atoms with Gasteiger partial charge in [0.25, 0.3) is 0 Å². The molecule has 3 heteroatoms. The number of rotatable bonds is 4. The van der Waals surface area contributed by atoms with Crippen LogP contribution < -0.4 is 5.73 Å². The van der Waals surface area contributed by atoms with Crippen LogP contribution in [0.25, 0.3) is 0 Å². The highest BCUT2D eigenvalue weighted by atomic mass is 32.1. The maximum atomic E-state index is 5.56. The summed E-state index contributed by atoms with van der Waals surface area (Å²) < 4.78 is 0. The lowest BCUT2D eigenvalue weighted by Gasteiger charge is -2.35. The summed E-state index contributed by atoms with van der Waals surface area (Å²) in [6.45, 7) is 6.97. The lowest BCUT2D eigenvalue weighted by Crippen LogP contribution is -2.41. The fourth-order valence-corrected chi connectivity index (χ4v) is 2.46. The highest BCUT2D eigenvalue weighted by Gasteiger charge is 2.21. The monoisotopic (exact) mass is 214 g/mol. The molecule has 0 aromatic rings. The van der Waals surface area contributed by atoms with Crippen molar-refractivity contribution in [3.8, 4) is 0 Å². The summed E-state index contributed by atoms with van der Waals surface area (Å²) in [5.74, 6) is 0.947. The van der Waals surface area contributed by atoms with Crippen LogP contribution in [0, 0.1) is 5.92 Å². The molecule has 1 rings (SSSR count). The van der Waals surface area contributed by atoms with Crippen LogP contribution in [0.2, 0.25) is 0 Å². The standard InChI is InChI=1S/C11H22N2S/c1-3-10-4-6-13(7-5-10)9(2)8-11(12)14/h9-10H,3-8H2,1-2H3,(H2,12,14). The quantitative estimate of drug-likeness (QED) is 0.727. The van der Waals surface area contributed by atoms with E-state index in [2.05, 4.69) is 18.7 Å². The van der Waals surface area contributed by atoms with E-state index >= 15 is 0 Å². The first-order chi connectivity index (χ1) is 6.63. The van der Waals surface area contributed by atoms with Crippen molar-refractivity contribution in [2.75, 3.05) is 13.1 Å². The fraction of sp³-hybridized carbons (Fsp3) is 0.909. The minimum absolute atomic E-state index is 0.533. The number of hydrogen-bond acceptors (Lipinski definition) is 2. The minimum Gasteiger partial charge on any atom is -0.393 e. The molecule has 0 saturated carbocycles. The van der Waals surface area contributed by atoms with Crippen LogP contribution in [0.5, 0.6) is 0 Å². The molecule has 1 atom stereocenters. The Kier molecular flexibility index (Phi) is 4.82. The van der Waals surface area contributed by atoms with Crippen LogP contribution in [0.1, 0.15) is 39.5 Å². The Morgan fingerprint density at radius 3 is 2.50 bits per heavy atom. The van der Waals surface area contributed by atoms with Crippen LogP contribution in [0.15, 0.2) is 0 Å². The van der Waals surface area contributed by atoms with Crippen molar-refractivity contribution in [3.05, 3.63) is 0 Å². The lowest BCUT2D eigenvalue weighted by molar-refractivity contribution is 0.142. The van der Waals surface area contributed by atoms with Gasteiger partial charge in [0, 0.05) is 12.5 Å². The highest BCUT2D eigenvalue weighted by Crippen LogP contribution is 2.22. The molecule has 1 saturated heterocycles. The Balaban J connectivity index is 2.30. The number of hydrogen-bond donors (Lipinski definition) is 1. The van der Waals surface area contributed by atoms with Gasteiger partial charge in [0.1, 0.15) is 0 Å². The number of likely N-dealkylation sites (tertiary alicyclic amines) is 1. The number of thiocarbonyl (C=S) groups is 1. The van der Waals surface area contributed by atoms with E-state index < -0.39 is 0 Å². The van der Waals surface area contributed by atoms with Gasteiger partial charge in [-0.25, -0.2) is 0 Å². The van der Waals surface area contributed by atoms with Crippen LogP contribution in [-0.4, -0.2) is 29.0 Å². The molecule has 14 heavy (non-hydrogen) atoms. The molecular weight excluding hydrogens is 192 g/mol. The zero-order valence-corrected chi connectivity index (χ0v) is 10.1. The van der Waals surface area contributed by atoms with Gasteiger partial charge < -0.3 is 10.6 Å². The highest BCUT2D eigenvalue weighted by molar-refractivity contribution is 7.80. The van der Waals surface area contributed by atoms with E-state index in [-0.39, 0.29) is 0 Å². The minimum atomic E-state index is 0.533. The molecule has 2 N–H and O–H groups in total. The molecule has 1 aliphatic rings. The van der Waals surface area contributed by atoms with E-state index in [1.807, 2.05) is 0 Å². The van der Waals surface area contributed by atoms with Crippen molar-refractivity contribution in [3.63, 3.8) is 0 Å². The summed E-state index contributed by atoms with van der Waals surface area (Å²) in [4.78, 5) is 3.17.